The van der Waals surface area contributed by atoms with E-state index < -0.39 is 18.0 Å². The Morgan fingerprint density at radius 3 is 2.53 bits per heavy atom. The first kappa shape index (κ1) is 11.0. The quantitative estimate of drug-likeness (QED) is 0.612. The molecule has 2 fully saturated rings. The van der Waals surface area contributed by atoms with Crippen LogP contribution in [0.15, 0.2) is 0 Å². The number of fused-ring (bicyclic) bond motifs is 1. The molecule has 0 saturated heterocycles. The van der Waals surface area contributed by atoms with Crippen molar-refractivity contribution in [2.24, 2.45) is 23.7 Å². The highest BCUT2D eigenvalue weighted by molar-refractivity contribution is 5.86. The number of hydrogen-bond acceptors (Lipinski definition) is 1. The summed E-state index contributed by atoms with van der Waals surface area (Å²) in [6.07, 6.45) is -1.97. The van der Waals surface area contributed by atoms with Crippen LogP contribution in [0.2, 0.25) is 0 Å². The van der Waals surface area contributed by atoms with Gasteiger partial charge in [0.2, 0.25) is 0 Å². The largest absolute Gasteiger partial charge is 0.392 e. The Hall–Kier alpha value is -0.540. The number of carbonyl (C=O) groups is 1. The molecule has 2 aliphatic rings. The first-order valence-corrected chi connectivity index (χ1v) is 5.51. The average Bonchev–Trinajstić information content (AvgIpc) is 2.41. The third-order valence-electron chi connectivity index (χ3n) is 3.92. The Bertz CT molecular complexity index is 271. The van der Waals surface area contributed by atoms with Crippen molar-refractivity contribution in [2.75, 3.05) is 0 Å². The fraction of sp³-hybridized carbons (Fsp3) is 0.909. The lowest BCUT2D eigenvalue weighted by molar-refractivity contribution is -0.200. The van der Waals surface area contributed by atoms with E-state index in [1.165, 1.54) is 0 Å². The van der Waals surface area contributed by atoms with Crippen molar-refractivity contribution in [2.45, 2.75) is 38.8 Å². The lowest BCUT2D eigenvalue weighted by atomic mass is 9.73. The second kappa shape index (κ2) is 3.49. The molecular weight excluding hydrogens is 205 g/mol. The highest BCUT2D eigenvalue weighted by atomic mass is 19.4. The number of carbonyl (C=O) groups excluding carboxylic acids is 1. The Morgan fingerprint density at radius 2 is 1.93 bits per heavy atom. The minimum Gasteiger partial charge on any atom is -0.299 e. The molecule has 0 N–H and O–H groups in total. The van der Waals surface area contributed by atoms with E-state index in [0.29, 0.717) is 12.8 Å². The van der Waals surface area contributed by atoms with Crippen LogP contribution in [0, 0.1) is 23.7 Å². The van der Waals surface area contributed by atoms with E-state index in [4.69, 9.17) is 0 Å². The van der Waals surface area contributed by atoms with Gasteiger partial charge in [0.15, 0.2) is 0 Å². The maximum absolute atomic E-state index is 12.7. The van der Waals surface area contributed by atoms with E-state index in [-0.39, 0.29) is 24.0 Å². The summed E-state index contributed by atoms with van der Waals surface area (Å²) >= 11 is 0. The molecule has 1 nitrogen and oxygen atoms in total. The van der Waals surface area contributed by atoms with Crippen LogP contribution in [0.25, 0.3) is 0 Å². The number of hydrogen-bond donors (Lipinski definition) is 0. The predicted molar refractivity (Wildman–Crippen MR) is 49.2 cm³/mol. The van der Waals surface area contributed by atoms with Crippen LogP contribution in [0.1, 0.15) is 32.6 Å². The van der Waals surface area contributed by atoms with Crippen LogP contribution in [0.3, 0.4) is 0 Å². The molecular formula is C11H15F3O. The number of alkyl halides is 3. The van der Waals surface area contributed by atoms with E-state index in [0.717, 1.165) is 6.42 Å². The second-order valence-corrected chi connectivity index (χ2v) is 4.90. The molecule has 0 heterocycles. The van der Waals surface area contributed by atoms with Gasteiger partial charge in [0.25, 0.3) is 0 Å². The maximum atomic E-state index is 12.7. The highest BCUT2D eigenvalue weighted by Gasteiger charge is 2.54. The smallest absolute Gasteiger partial charge is 0.299 e. The summed E-state index contributed by atoms with van der Waals surface area (Å²) in [4.78, 5) is 11.7. The molecule has 15 heavy (non-hydrogen) atoms. The molecule has 4 heteroatoms. The van der Waals surface area contributed by atoms with Gasteiger partial charge < -0.3 is 0 Å². The van der Waals surface area contributed by atoms with E-state index in [9.17, 15) is 18.0 Å². The van der Waals surface area contributed by atoms with Gasteiger partial charge in [-0.3, -0.25) is 4.79 Å². The van der Waals surface area contributed by atoms with Gasteiger partial charge in [0.05, 0.1) is 5.92 Å². The van der Waals surface area contributed by atoms with Crippen molar-refractivity contribution in [3.8, 4) is 0 Å². The van der Waals surface area contributed by atoms with Crippen molar-refractivity contribution in [3.63, 3.8) is 0 Å². The lowest BCUT2D eigenvalue weighted by Crippen LogP contribution is -2.38. The third-order valence-corrected chi connectivity index (χ3v) is 3.92. The van der Waals surface area contributed by atoms with Gasteiger partial charge in [0, 0.05) is 11.8 Å². The van der Waals surface area contributed by atoms with Gasteiger partial charge in [-0.25, -0.2) is 0 Å². The van der Waals surface area contributed by atoms with Crippen molar-refractivity contribution in [3.05, 3.63) is 0 Å². The van der Waals surface area contributed by atoms with Crippen molar-refractivity contribution >= 4 is 5.78 Å². The topological polar surface area (TPSA) is 17.1 Å². The fourth-order valence-electron chi connectivity index (χ4n) is 3.25. The van der Waals surface area contributed by atoms with Crippen LogP contribution < -0.4 is 0 Å². The standard InChI is InChI=1S/C11H15F3O/c1-6-5-7-3-2-4-8(11(12,13)14)9(7)10(6)15/h6-9H,2-5H2,1H3. The Morgan fingerprint density at radius 1 is 1.27 bits per heavy atom. The SMILES string of the molecule is CC1CC2CCCC(C(F)(F)F)C2C1=O. The zero-order chi connectivity index (χ0) is 11.2. The zero-order valence-electron chi connectivity index (χ0n) is 8.68. The number of rotatable bonds is 0. The lowest BCUT2D eigenvalue weighted by Gasteiger charge is -2.33. The maximum Gasteiger partial charge on any atom is 0.392 e. The third kappa shape index (κ3) is 1.79. The molecule has 2 aliphatic carbocycles. The molecule has 0 aromatic rings. The van der Waals surface area contributed by atoms with Crippen LogP contribution >= 0.6 is 0 Å². The molecule has 0 amide bonds. The minimum atomic E-state index is -4.19. The minimum absolute atomic E-state index is 0.00660. The van der Waals surface area contributed by atoms with Gasteiger partial charge in [-0.2, -0.15) is 13.2 Å². The first-order chi connectivity index (χ1) is 6.91. The van der Waals surface area contributed by atoms with Crippen molar-refractivity contribution in [1.29, 1.82) is 0 Å². The average molecular weight is 220 g/mol. The Kier molecular flexibility index (Phi) is 2.55. The molecule has 4 atom stereocenters. The van der Waals surface area contributed by atoms with Crippen LogP contribution in [-0.4, -0.2) is 12.0 Å². The summed E-state index contributed by atoms with van der Waals surface area (Å²) in [5.41, 5.74) is 0. The van der Waals surface area contributed by atoms with Crippen LogP contribution in [0.5, 0.6) is 0 Å². The summed E-state index contributed by atoms with van der Waals surface area (Å²) in [6.45, 7) is 1.76. The molecule has 0 aromatic heterocycles. The first-order valence-electron chi connectivity index (χ1n) is 5.51. The number of Topliss-reactive ketones (excluding diaryl/α,β-unsaturated/α-hetero) is 1. The van der Waals surface area contributed by atoms with Gasteiger partial charge in [0.1, 0.15) is 5.78 Å². The van der Waals surface area contributed by atoms with Crippen LogP contribution in [0.4, 0.5) is 13.2 Å². The number of ketones is 1. The van der Waals surface area contributed by atoms with E-state index >= 15 is 0 Å². The number of halogens is 3. The van der Waals surface area contributed by atoms with Crippen molar-refractivity contribution < 1.29 is 18.0 Å². The summed E-state index contributed by atoms with van der Waals surface area (Å²) in [5.74, 6) is -2.42. The van der Waals surface area contributed by atoms with E-state index in [1.54, 1.807) is 6.92 Å². The fourth-order valence-corrected chi connectivity index (χ4v) is 3.25. The molecule has 4 unspecified atom stereocenters. The van der Waals surface area contributed by atoms with Crippen molar-refractivity contribution in [1.82, 2.24) is 0 Å². The Labute approximate surface area is 87.0 Å². The molecule has 2 saturated carbocycles. The van der Waals surface area contributed by atoms with Gasteiger partial charge in [-0.15, -0.1) is 0 Å². The zero-order valence-corrected chi connectivity index (χ0v) is 8.68. The monoisotopic (exact) mass is 220 g/mol. The summed E-state index contributed by atoms with van der Waals surface area (Å²) in [6, 6.07) is 0. The van der Waals surface area contributed by atoms with E-state index in [2.05, 4.69) is 0 Å². The molecule has 0 aliphatic heterocycles. The molecule has 86 valence electrons. The molecule has 0 spiro atoms. The predicted octanol–water partition coefficient (Wildman–Crippen LogP) is 3.19. The van der Waals surface area contributed by atoms with Gasteiger partial charge in [-0.05, 0) is 25.2 Å². The van der Waals surface area contributed by atoms with Gasteiger partial charge in [-0.1, -0.05) is 13.3 Å². The van der Waals surface area contributed by atoms with Gasteiger partial charge >= 0.3 is 6.18 Å². The second-order valence-electron chi connectivity index (χ2n) is 4.90. The Balaban J connectivity index is 2.23. The molecule has 0 bridgehead atoms. The molecule has 0 radical (unpaired) electrons. The normalized spacial score (nSPS) is 41.7. The highest BCUT2D eigenvalue weighted by Crippen LogP contribution is 2.50. The molecule has 0 aromatic carbocycles. The summed E-state index contributed by atoms with van der Waals surface area (Å²) < 4.78 is 38.2. The summed E-state index contributed by atoms with van der Waals surface area (Å²) in [7, 11) is 0. The summed E-state index contributed by atoms with van der Waals surface area (Å²) in [5, 5.41) is 0. The van der Waals surface area contributed by atoms with E-state index in [1.807, 2.05) is 0 Å². The van der Waals surface area contributed by atoms with Crippen LogP contribution in [-0.2, 0) is 4.79 Å². The molecule has 2 rings (SSSR count).